The van der Waals surface area contributed by atoms with Gasteiger partial charge in [-0.1, -0.05) is 24.3 Å². The maximum atomic E-state index is 12.4. The molecule has 0 spiro atoms. The zero-order valence-corrected chi connectivity index (χ0v) is 13.4. The molecular formula is C19H22N2O. The van der Waals surface area contributed by atoms with Crippen molar-refractivity contribution in [2.24, 2.45) is 0 Å². The zero-order valence-electron chi connectivity index (χ0n) is 13.4. The molecule has 0 fully saturated rings. The van der Waals surface area contributed by atoms with Crippen LogP contribution in [0.3, 0.4) is 0 Å². The topological polar surface area (TPSA) is 32.3 Å². The first kappa shape index (κ1) is 14.6. The van der Waals surface area contributed by atoms with Crippen LogP contribution in [0.25, 0.3) is 0 Å². The molecule has 22 heavy (non-hydrogen) atoms. The van der Waals surface area contributed by atoms with Crippen molar-refractivity contribution in [2.45, 2.75) is 33.2 Å². The molecule has 1 amide bonds. The molecule has 1 heterocycles. The van der Waals surface area contributed by atoms with E-state index in [-0.39, 0.29) is 5.91 Å². The Morgan fingerprint density at radius 2 is 1.86 bits per heavy atom. The second kappa shape index (κ2) is 5.84. The van der Waals surface area contributed by atoms with E-state index in [2.05, 4.69) is 41.4 Å². The molecule has 1 atom stereocenters. The van der Waals surface area contributed by atoms with Crippen LogP contribution in [0.5, 0.6) is 0 Å². The van der Waals surface area contributed by atoms with Crippen LogP contribution < -0.4 is 10.2 Å². The molecule has 0 aliphatic carbocycles. The molecule has 1 aliphatic heterocycles. The number of anilines is 2. The fourth-order valence-electron chi connectivity index (χ4n) is 3.27. The highest BCUT2D eigenvalue weighted by Gasteiger charge is 2.26. The number of rotatable bonds is 3. The van der Waals surface area contributed by atoms with E-state index in [0.717, 1.165) is 23.2 Å². The predicted octanol–water partition coefficient (Wildman–Crippen LogP) is 3.69. The third-order valence-electron chi connectivity index (χ3n) is 4.17. The van der Waals surface area contributed by atoms with Crippen molar-refractivity contribution in [1.82, 2.24) is 0 Å². The van der Waals surface area contributed by atoms with E-state index in [1.165, 1.54) is 11.3 Å². The van der Waals surface area contributed by atoms with Gasteiger partial charge in [-0.3, -0.25) is 4.79 Å². The van der Waals surface area contributed by atoms with Crippen LogP contribution in [0.15, 0.2) is 42.5 Å². The average Bonchev–Trinajstić information content (AvgIpc) is 2.74. The molecule has 0 unspecified atom stereocenters. The fourth-order valence-corrected chi connectivity index (χ4v) is 3.27. The largest absolute Gasteiger partial charge is 0.359 e. The van der Waals surface area contributed by atoms with Crippen LogP contribution in [0.1, 0.15) is 23.6 Å². The number of para-hydroxylation sites is 1. The first-order chi connectivity index (χ1) is 10.5. The summed E-state index contributed by atoms with van der Waals surface area (Å²) in [5, 5.41) is 3.02. The van der Waals surface area contributed by atoms with Crippen LogP contribution >= 0.6 is 0 Å². The Morgan fingerprint density at radius 3 is 2.59 bits per heavy atom. The third-order valence-corrected chi connectivity index (χ3v) is 4.17. The monoisotopic (exact) mass is 294 g/mol. The smallest absolute Gasteiger partial charge is 0.243 e. The van der Waals surface area contributed by atoms with E-state index in [1.54, 1.807) is 0 Å². The summed E-state index contributed by atoms with van der Waals surface area (Å²) in [6.45, 7) is 6.65. The van der Waals surface area contributed by atoms with Gasteiger partial charge in [0.2, 0.25) is 5.91 Å². The maximum absolute atomic E-state index is 12.4. The maximum Gasteiger partial charge on any atom is 0.243 e. The molecule has 0 bridgehead atoms. The van der Waals surface area contributed by atoms with Gasteiger partial charge in [0, 0.05) is 17.4 Å². The Morgan fingerprint density at radius 1 is 1.18 bits per heavy atom. The minimum Gasteiger partial charge on any atom is -0.359 e. The Kier molecular flexibility index (Phi) is 3.88. The molecule has 2 aromatic carbocycles. The number of hydrogen-bond donors (Lipinski definition) is 1. The highest BCUT2D eigenvalue weighted by atomic mass is 16.2. The van der Waals surface area contributed by atoms with E-state index in [9.17, 15) is 4.79 Å². The number of hydrogen-bond acceptors (Lipinski definition) is 2. The summed E-state index contributed by atoms with van der Waals surface area (Å²) in [6, 6.07) is 14.8. The minimum absolute atomic E-state index is 0.0357. The quantitative estimate of drug-likeness (QED) is 0.936. The molecule has 114 valence electrons. The van der Waals surface area contributed by atoms with E-state index < -0.39 is 0 Å². The average molecular weight is 294 g/mol. The van der Waals surface area contributed by atoms with Crippen molar-refractivity contribution < 1.29 is 4.79 Å². The lowest BCUT2D eigenvalue weighted by atomic mass is 10.1. The van der Waals surface area contributed by atoms with Crippen LogP contribution in [-0.2, 0) is 11.2 Å². The molecule has 0 radical (unpaired) electrons. The summed E-state index contributed by atoms with van der Waals surface area (Å²) >= 11 is 0. The third kappa shape index (κ3) is 2.98. The van der Waals surface area contributed by atoms with Crippen molar-refractivity contribution in [1.29, 1.82) is 0 Å². The van der Waals surface area contributed by atoms with Crippen molar-refractivity contribution in [2.75, 3.05) is 16.8 Å². The molecule has 3 nitrogen and oxygen atoms in total. The van der Waals surface area contributed by atoms with Gasteiger partial charge in [-0.25, -0.2) is 0 Å². The van der Waals surface area contributed by atoms with Crippen molar-refractivity contribution in [3.8, 4) is 0 Å². The Bertz CT molecular complexity index is 688. The van der Waals surface area contributed by atoms with Crippen molar-refractivity contribution in [3.63, 3.8) is 0 Å². The summed E-state index contributed by atoms with van der Waals surface area (Å²) < 4.78 is 0. The lowest BCUT2D eigenvalue weighted by molar-refractivity contribution is -0.115. The first-order valence-electron chi connectivity index (χ1n) is 7.75. The summed E-state index contributed by atoms with van der Waals surface area (Å²) in [5.74, 6) is 0.0357. The summed E-state index contributed by atoms with van der Waals surface area (Å²) in [5.41, 5.74) is 5.72. The number of carbonyl (C=O) groups is 1. The van der Waals surface area contributed by atoms with Gasteiger partial charge in [0.25, 0.3) is 0 Å². The van der Waals surface area contributed by atoms with E-state index in [0.29, 0.717) is 12.6 Å². The second-order valence-electron chi connectivity index (χ2n) is 6.23. The van der Waals surface area contributed by atoms with E-state index >= 15 is 0 Å². The Hall–Kier alpha value is -2.29. The molecule has 2 aromatic rings. The molecular weight excluding hydrogens is 272 g/mol. The highest BCUT2D eigenvalue weighted by Crippen LogP contribution is 2.31. The highest BCUT2D eigenvalue weighted by molar-refractivity contribution is 5.94. The zero-order chi connectivity index (χ0) is 15.7. The predicted molar refractivity (Wildman–Crippen MR) is 91.5 cm³/mol. The van der Waals surface area contributed by atoms with Crippen molar-refractivity contribution >= 4 is 17.3 Å². The number of carbonyl (C=O) groups excluding carboxylic acids is 1. The number of fused-ring (bicyclic) bond motifs is 1. The normalized spacial score (nSPS) is 16.5. The van der Waals surface area contributed by atoms with Gasteiger partial charge in [-0.15, -0.1) is 0 Å². The number of amides is 1. The number of nitrogens with zero attached hydrogens (tertiary/aromatic N) is 1. The lowest BCUT2D eigenvalue weighted by Gasteiger charge is -2.24. The SMILES string of the molecule is Cc1cc(C)cc(NC(=O)CN2c3ccccc3C[C@@H]2C)c1. The molecule has 0 aromatic heterocycles. The standard InChI is InChI=1S/C19H22N2O/c1-13-8-14(2)10-17(9-13)20-19(22)12-21-15(3)11-16-6-4-5-7-18(16)21/h4-10,15H,11-12H2,1-3H3,(H,20,22)/t15-/m0/s1. The van der Waals surface area contributed by atoms with Gasteiger partial charge < -0.3 is 10.2 Å². The van der Waals surface area contributed by atoms with Crippen LogP contribution in [0.2, 0.25) is 0 Å². The van der Waals surface area contributed by atoms with Crippen LogP contribution in [-0.4, -0.2) is 18.5 Å². The minimum atomic E-state index is 0.0357. The summed E-state index contributed by atoms with van der Waals surface area (Å²) in [6.07, 6.45) is 1.01. The summed E-state index contributed by atoms with van der Waals surface area (Å²) in [4.78, 5) is 14.6. The van der Waals surface area contributed by atoms with Gasteiger partial charge in [0.05, 0.1) is 6.54 Å². The second-order valence-corrected chi connectivity index (χ2v) is 6.23. The number of aryl methyl sites for hydroxylation is 2. The van der Waals surface area contributed by atoms with Gasteiger partial charge in [-0.2, -0.15) is 0 Å². The van der Waals surface area contributed by atoms with Crippen molar-refractivity contribution in [3.05, 3.63) is 59.2 Å². The Labute approximate surface area is 132 Å². The fraction of sp³-hybridized carbons (Fsp3) is 0.316. The molecule has 1 aliphatic rings. The molecule has 1 N–H and O–H groups in total. The van der Waals surface area contributed by atoms with E-state index in [1.807, 2.05) is 32.0 Å². The van der Waals surface area contributed by atoms with Crippen LogP contribution in [0, 0.1) is 13.8 Å². The van der Waals surface area contributed by atoms with E-state index in [4.69, 9.17) is 0 Å². The number of nitrogens with one attached hydrogen (secondary N) is 1. The number of benzene rings is 2. The van der Waals surface area contributed by atoms with Gasteiger partial charge >= 0.3 is 0 Å². The molecule has 3 rings (SSSR count). The Balaban J connectivity index is 1.72. The molecule has 0 saturated carbocycles. The van der Waals surface area contributed by atoms with Gasteiger partial charge in [-0.05, 0) is 62.1 Å². The molecule has 3 heteroatoms. The molecule has 0 saturated heterocycles. The first-order valence-corrected chi connectivity index (χ1v) is 7.75. The summed E-state index contributed by atoms with van der Waals surface area (Å²) in [7, 11) is 0. The van der Waals surface area contributed by atoms with Gasteiger partial charge in [0.15, 0.2) is 0 Å². The lowest BCUT2D eigenvalue weighted by Crippen LogP contribution is -2.37. The van der Waals surface area contributed by atoms with Gasteiger partial charge in [0.1, 0.15) is 0 Å². The van der Waals surface area contributed by atoms with Crippen LogP contribution in [0.4, 0.5) is 11.4 Å².